The molecule has 0 aromatic carbocycles. The Kier molecular flexibility index (Phi) is 3.56. The molecule has 0 saturated heterocycles. The van der Waals surface area contributed by atoms with E-state index in [1.165, 1.54) is 0 Å². The molecular formula is C12H17N3O2. The molecule has 2 N–H and O–H groups in total. The van der Waals surface area contributed by atoms with E-state index in [4.69, 9.17) is 5.11 Å². The zero-order valence-electron chi connectivity index (χ0n) is 9.89. The maximum atomic E-state index is 10.8. The van der Waals surface area contributed by atoms with Crippen molar-refractivity contribution in [1.29, 1.82) is 0 Å². The first-order valence-electron chi connectivity index (χ1n) is 5.94. The maximum Gasteiger partial charge on any atom is 0.306 e. The highest BCUT2D eigenvalue weighted by Crippen LogP contribution is 2.26. The molecule has 2 rings (SSSR count). The summed E-state index contributed by atoms with van der Waals surface area (Å²) >= 11 is 0. The second-order valence-corrected chi connectivity index (χ2v) is 4.52. The number of aryl methyl sites for hydroxylation is 1. The Morgan fingerprint density at radius 2 is 2.12 bits per heavy atom. The molecule has 0 aliphatic heterocycles. The molecule has 0 amide bonds. The minimum Gasteiger partial charge on any atom is -0.481 e. The number of aliphatic carboxylic acids is 1. The van der Waals surface area contributed by atoms with Crippen molar-refractivity contribution >= 4 is 11.8 Å². The van der Waals surface area contributed by atoms with Gasteiger partial charge in [0.2, 0.25) is 0 Å². The Labute approximate surface area is 100 Å². The van der Waals surface area contributed by atoms with Gasteiger partial charge in [-0.1, -0.05) is 0 Å². The van der Waals surface area contributed by atoms with Crippen LogP contribution in [0.3, 0.4) is 0 Å². The Morgan fingerprint density at radius 3 is 2.71 bits per heavy atom. The van der Waals surface area contributed by atoms with Crippen molar-refractivity contribution in [3.63, 3.8) is 0 Å². The van der Waals surface area contributed by atoms with Crippen molar-refractivity contribution in [3.8, 4) is 0 Å². The third kappa shape index (κ3) is 3.15. The van der Waals surface area contributed by atoms with Gasteiger partial charge < -0.3 is 10.4 Å². The predicted octanol–water partition coefficient (Wildman–Crippen LogP) is 1.84. The molecule has 92 valence electrons. The van der Waals surface area contributed by atoms with Crippen LogP contribution in [0.5, 0.6) is 0 Å². The van der Waals surface area contributed by atoms with Crippen LogP contribution in [0.1, 0.15) is 31.5 Å². The third-order valence-electron chi connectivity index (χ3n) is 3.20. The van der Waals surface area contributed by atoms with Gasteiger partial charge in [-0.05, 0) is 38.7 Å². The van der Waals surface area contributed by atoms with Crippen molar-refractivity contribution in [1.82, 2.24) is 9.97 Å². The van der Waals surface area contributed by atoms with Crippen LogP contribution in [0.15, 0.2) is 12.3 Å². The first-order valence-corrected chi connectivity index (χ1v) is 5.94. The van der Waals surface area contributed by atoms with E-state index in [2.05, 4.69) is 15.3 Å². The molecule has 1 fully saturated rings. The minimum atomic E-state index is -0.665. The van der Waals surface area contributed by atoms with E-state index < -0.39 is 5.97 Å². The van der Waals surface area contributed by atoms with Crippen LogP contribution in [0.25, 0.3) is 0 Å². The predicted molar refractivity (Wildman–Crippen MR) is 63.8 cm³/mol. The van der Waals surface area contributed by atoms with Crippen molar-refractivity contribution in [2.24, 2.45) is 5.92 Å². The lowest BCUT2D eigenvalue weighted by Gasteiger charge is -2.27. The van der Waals surface area contributed by atoms with Gasteiger partial charge in [0.1, 0.15) is 11.6 Å². The molecular weight excluding hydrogens is 218 g/mol. The number of hydrogen-bond donors (Lipinski definition) is 2. The maximum absolute atomic E-state index is 10.8. The van der Waals surface area contributed by atoms with Gasteiger partial charge in [-0.2, -0.15) is 0 Å². The monoisotopic (exact) mass is 235 g/mol. The molecule has 5 nitrogen and oxygen atoms in total. The van der Waals surface area contributed by atoms with Gasteiger partial charge in [-0.15, -0.1) is 0 Å². The van der Waals surface area contributed by atoms with Crippen LogP contribution in [0.2, 0.25) is 0 Å². The normalized spacial score (nSPS) is 24.3. The average molecular weight is 235 g/mol. The van der Waals surface area contributed by atoms with Crippen LogP contribution in [-0.4, -0.2) is 27.1 Å². The molecule has 0 unspecified atom stereocenters. The number of rotatable bonds is 3. The Hall–Kier alpha value is -1.65. The van der Waals surface area contributed by atoms with Crippen LogP contribution in [0, 0.1) is 12.8 Å². The van der Waals surface area contributed by atoms with E-state index in [9.17, 15) is 4.79 Å². The largest absolute Gasteiger partial charge is 0.481 e. The minimum absolute atomic E-state index is 0.166. The molecule has 17 heavy (non-hydrogen) atoms. The van der Waals surface area contributed by atoms with Crippen molar-refractivity contribution in [2.45, 2.75) is 38.6 Å². The fraction of sp³-hybridized carbons (Fsp3) is 0.583. The Balaban J connectivity index is 1.88. The lowest BCUT2D eigenvalue weighted by Crippen LogP contribution is -2.29. The number of hydrogen-bond acceptors (Lipinski definition) is 4. The summed E-state index contributed by atoms with van der Waals surface area (Å²) in [6.45, 7) is 1.85. The van der Waals surface area contributed by atoms with E-state index in [1.54, 1.807) is 6.20 Å². The fourth-order valence-corrected chi connectivity index (χ4v) is 2.23. The summed E-state index contributed by atoms with van der Waals surface area (Å²) in [5, 5.41) is 12.2. The van der Waals surface area contributed by atoms with Gasteiger partial charge in [0.15, 0.2) is 0 Å². The molecule has 0 bridgehead atoms. The second-order valence-electron chi connectivity index (χ2n) is 4.52. The van der Waals surface area contributed by atoms with E-state index in [0.29, 0.717) is 6.04 Å². The van der Waals surface area contributed by atoms with Crippen molar-refractivity contribution < 1.29 is 9.90 Å². The smallest absolute Gasteiger partial charge is 0.306 e. The van der Waals surface area contributed by atoms with Crippen molar-refractivity contribution in [2.75, 3.05) is 5.32 Å². The van der Waals surface area contributed by atoms with Gasteiger partial charge in [0.25, 0.3) is 0 Å². The van der Waals surface area contributed by atoms with Gasteiger partial charge in [-0.25, -0.2) is 9.97 Å². The highest BCUT2D eigenvalue weighted by molar-refractivity contribution is 5.70. The Morgan fingerprint density at radius 1 is 1.41 bits per heavy atom. The topological polar surface area (TPSA) is 75.1 Å². The number of carboxylic acid groups (broad SMARTS) is 1. The van der Waals surface area contributed by atoms with Gasteiger partial charge in [-0.3, -0.25) is 4.79 Å². The standard InChI is InChI=1S/C12H17N3O2/c1-8-13-7-6-11(14-8)15-10-4-2-9(3-5-10)12(16)17/h6-7,9-10H,2-5H2,1H3,(H,16,17)(H,13,14,15). The summed E-state index contributed by atoms with van der Waals surface area (Å²) in [7, 11) is 0. The van der Waals surface area contributed by atoms with E-state index in [0.717, 1.165) is 37.3 Å². The number of carbonyl (C=O) groups is 1. The van der Waals surface area contributed by atoms with E-state index >= 15 is 0 Å². The molecule has 1 aliphatic rings. The molecule has 1 aliphatic carbocycles. The average Bonchev–Trinajstić information content (AvgIpc) is 2.29. The Bertz CT molecular complexity index is 400. The number of nitrogens with zero attached hydrogens (tertiary/aromatic N) is 2. The lowest BCUT2D eigenvalue weighted by atomic mass is 9.86. The van der Waals surface area contributed by atoms with Gasteiger partial charge >= 0.3 is 5.97 Å². The van der Waals surface area contributed by atoms with Crippen molar-refractivity contribution in [3.05, 3.63) is 18.1 Å². The highest BCUT2D eigenvalue weighted by Gasteiger charge is 2.25. The van der Waals surface area contributed by atoms with E-state index in [1.807, 2.05) is 13.0 Å². The zero-order chi connectivity index (χ0) is 12.3. The summed E-state index contributed by atoms with van der Waals surface area (Å²) in [4.78, 5) is 19.1. The number of aromatic nitrogens is 2. The lowest BCUT2D eigenvalue weighted by molar-refractivity contribution is -0.142. The van der Waals surface area contributed by atoms with Gasteiger partial charge in [0, 0.05) is 12.2 Å². The number of carboxylic acids is 1. The SMILES string of the molecule is Cc1nccc(NC2CCC(C(=O)O)CC2)n1. The quantitative estimate of drug-likeness (QED) is 0.836. The van der Waals surface area contributed by atoms with Crippen LogP contribution in [-0.2, 0) is 4.79 Å². The summed E-state index contributed by atoms with van der Waals surface area (Å²) in [5.74, 6) is 0.743. The third-order valence-corrected chi connectivity index (χ3v) is 3.20. The van der Waals surface area contributed by atoms with Crippen LogP contribution in [0.4, 0.5) is 5.82 Å². The van der Waals surface area contributed by atoms with Gasteiger partial charge in [0.05, 0.1) is 5.92 Å². The van der Waals surface area contributed by atoms with Crippen LogP contribution >= 0.6 is 0 Å². The summed E-state index contributed by atoms with van der Waals surface area (Å²) < 4.78 is 0. The molecule has 1 aromatic heterocycles. The van der Waals surface area contributed by atoms with E-state index in [-0.39, 0.29) is 5.92 Å². The number of nitrogens with one attached hydrogen (secondary N) is 1. The summed E-state index contributed by atoms with van der Waals surface area (Å²) in [6.07, 6.45) is 5.00. The fourth-order valence-electron chi connectivity index (χ4n) is 2.23. The molecule has 5 heteroatoms. The first kappa shape index (κ1) is 11.8. The molecule has 0 spiro atoms. The van der Waals surface area contributed by atoms with Crippen LogP contribution < -0.4 is 5.32 Å². The summed E-state index contributed by atoms with van der Waals surface area (Å²) in [5.41, 5.74) is 0. The molecule has 1 heterocycles. The number of anilines is 1. The molecule has 0 atom stereocenters. The molecule has 1 saturated carbocycles. The molecule has 0 radical (unpaired) electrons. The summed E-state index contributed by atoms with van der Waals surface area (Å²) in [6, 6.07) is 2.18. The molecule has 1 aromatic rings. The first-order chi connectivity index (χ1) is 8.15. The second kappa shape index (κ2) is 5.12. The zero-order valence-corrected chi connectivity index (χ0v) is 9.89. The highest BCUT2D eigenvalue weighted by atomic mass is 16.4.